The Morgan fingerprint density at radius 1 is 1.09 bits per heavy atom. The van der Waals surface area contributed by atoms with Gasteiger partial charge in [0.1, 0.15) is 6.61 Å². The number of nitrogens with one attached hydrogen (secondary N) is 1. The Kier molecular flexibility index (Phi) is 6.16. The second-order valence-corrected chi connectivity index (χ2v) is 5.08. The van der Waals surface area contributed by atoms with E-state index in [2.05, 4.69) is 5.32 Å². The van der Waals surface area contributed by atoms with Crippen molar-refractivity contribution >= 4 is 6.09 Å². The zero-order valence-corrected chi connectivity index (χ0v) is 12.6. The molecular formula is C18H18N2O3. The summed E-state index contributed by atoms with van der Waals surface area (Å²) in [5, 5.41) is 21.2. The number of carbonyl (C=O) groups excluding carboxylic acids is 1. The van der Waals surface area contributed by atoms with Gasteiger partial charge < -0.3 is 15.2 Å². The summed E-state index contributed by atoms with van der Waals surface area (Å²) < 4.78 is 5.12. The van der Waals surface area contributed by atoms with Crippen LogP contribution in [0.5, 0.6) is 0 Å². The SMILES string of the molecule is N#C[C@H](O)[C@H](Cc1ccccc1)NC(=O)OCc1ccccc1. The predicted octanol–water partition coefficient (Wildman–Crippen LogP) is 2.41. The van der Waals surface area contributed by atoms with Gasteiger partial charge in [0.05, 0.1) is 12.1 Å². The van der Waals surface area contributed by atoms with E-state index in [9.17, 15) is 9.90 Å². The summed E-state index contributed by atoms with van der Waals surface area (Å²) in [6, 6.07) is 19.6. The number of amides is 1. The second-order valence-electron chi connectivity index (χ2n) is 5.08. The molecule has 0 heterocycles. The maximum absolute atomic E-state index is 11.9. The van der Waals surface area contributed by atoms with Gasteiger partial charge in [0.15, 0.2) is 6.10 Å². The zero-order valence-electron chi connectivity index (χ0n) is 12.6. The number of nitriles is 1. The van der Waals surface area contributed by atoms with Crippen molar-refractivity contribution in [3.8, 4) is 6.07 Å². The highest BCUT2D eigenvalue weighted by atomic mass is 16.5. The summed E-state index contributed by atoms with van der Waals surface area (Å²) in [5.41, 5.74) is 1.78. The van der Waals surface area contributed by atoms with Crippen molar-refractivity contribution in [1.82, 2.24) is 5.32 Å². The molecule has 1 amide bonds. The first-order chi connectivity index (χ1) is 11.2. The molecule has 0 spiro atoms. The van der Waals surface area contributed by atoms with Gasteiger partial charge in [0.25, 0.3) is 0 Å². The van der Waals surface area contributed by atoms with Gasteiger partial charge in [0, 0.05) is 0 Å². The second kappa shape index (κ2) is 8.57. The van der Waals surface area contributed by atoms with Gasteiger partial charge in [0.2, 0.25) is 0 Å². The molecule has 0 bridgehead atoms. The third-order valence-corrected chi connectivity index (χ3v) is 3.33. The maximum Gasteiger partial charge on any atom is 0.407 e. The Hall–Kier alpha value is -2.84. The van der Waals surface area contributed by atoms with Crippen molar-refractivity contribution < 1.29 is 14.6 Å². The highest BCUT2D eigenvalue weighted by molar-refractivity contribution is 5.67. The zero-order chi connectivity index (χ0) is 16.5. The highest BCUT2D eigenvalue weighted by Gasteiger charge is 2.22. The molecule has 118 valence electrons. The number of hydrogen-bond donors (Lipinski definition) is 2. The van der Waals surface area contributed by atoms with Crippen molar-refractivity contribution in [2.75, 3.05) is 0 Å². The molecule has 2 atom stereocenters. The Morgan fingerprint density at radius 2 is 1.65 bits per heavy atom. The molecular weight excluding hydrogens is 292 g/mol. The predicted molar refractivity (Wildman–Crippen MR) is 85.3 cm³/mol. The molecule has 0 radical (unpaired) electrons. The van der Waals surface area contributed by atoms with Crippen LogP contribution in [-0.2, 0) is 17.8 Å². The van der Waals surface area contributed by atoms with Crippen molar-refractivity contribution in [2.45, 2.75) is 25.2 Å². The molecule has 2 rings (SSSR count). The first-order valence-electron chi connectivity index (χ1n) is 7.28. The fourth-order valence-electron chi connectivity index (χ4n) is 2.12. The Labute approximate surface area is 135 Å². The normalized spacial score (nSPS) is 12.7. The van der Waals surface area contributed by atoms with E-state index < -0.39 is 18.2 Å². The standard InChI is InChI=1S/C18H18N2O3/c19-12-17(21)16(11-14-7-3-1-4-8-14)20-18(22)23-13-15-9-5-2-6-10-15/h1-10,16-17,21H,11,13H2,(H,20,22)/t16-,17-/m0/s1. The van der Waals surface area contributed by atoms with E-state index in [-0.39, 0.29) is 6.61 Å². The smallest absolute Gasteiger partial charge is 0.407 e. The molecule has 2 aromatic rings. The summed E-state index contributed by atoms with van der Waals surface area (Å²) in [4.78, 5) is 11.9. The van der Waals surface area contributed by atoms with E-state index >= 15 is 0 Å². The molecule has 0 saturated heterocycles. The number of alkyl carbamates (subject to hydrolysis) is 1. The number of aliphatic hydroxyl groups excluding tert-OH is 1. The van der Waals surface area contributed by atoms with Crippen LogP contribution in [0.2, 0.25) is 0 Å². The summed E-state index contributed by atoms with van der Waals surface area (Å²) in [5.74, 6) is 0. The quantitative estimate of drug-likeness (QED) is 0.803. The van der Waals surface area contributed by atoms with Crippen LogP contribution < -0.4 is 5.32 Å². The molecule has 0 unspecified atom stereocenters. The van der Waals surface area contributed by atoms with Crippen LogP contribution >= 0.6 is 0 Å². The van der Waals surface area contributed by atoms with E-state index in [0.29, 0.717) is 6.42 Å². The van der Waals surface area contributed by atoms with Gasteiger partial charge in [-0.2, -0.15) is 5.26 Å². The lowest BCUT2D eigenvalue weighted by Crippen LogP contribution is -2.44. The lowest BCUT2D eigenvalue weighted by molar-refractivity contribution is 0.119. The molecule has 0 aliphatic rings. The first kappa shape index (κ1) is 16.5. The molecule has 5 heteroatoms. The third-order valence-electron chi connectivity index (χ3n) is 3.33. The van der Waals surface area contributed by atoms with Crippen LogP contribution in [0.4, 0.5) is 4.79 Å². The van der Waals surface area contributed by atoms with Gasteiger partial charge in [-0.25, -0.2) is 4.79 Å². The van der Waals surface area contributed by atoms with Gasteiger partial charge in [-0.3, -0.25) is 0 Å². The van der Waals surface area contributed by atoms with Crippen molar-refractivity contribution in [3.63, 3.8) is 0 Å². The fraction of sp³-hybridized carbons (Fsp3) is 0.222. The van der Waals surface area contributed by atoms with E-state index in [1.807, 2.05) is 60.7 Å². The summed E-state index contributed by atoms with van der Waals surface area (Å²) >= 11 is 0. The maximum atomic E-state index is 11.9. The highest BCUT2D eigenvalue weighted by Crippen LogP contribution is 2.07. The van der Waals surface area contributed by atoms with E-state index in [1.54, 1.807) is 6.07 Å². The topological polar surface area (TPSA) is 82.4 Å². The fourth-order valence-corrected chi connectivity index (χ4v) is 2.12. The Balaban J connectivity index is 1.92. The third kappa shape index (κ3) is 5.46. The van der Waals surface area contributed by atoms with E-state index in [4.69, 9.17) is 10.00 Å². The molecule has 0 fully saturated rings. The van der Waals surface area contributed by atoms with Crippen LogP contribution in [0.25, 0.3) is 0 Å². The molecule has 5 nitrogen and oxygen atoms in total. The minimum absolute atomic E-state index is 0.132. The number of nitrogens with zero attached hydrogens (tertiary/aromatic N) is 1. The number of ether oxygens (including phenoxy) is 1. The Bertz CT molecular complexity index is 653. The lowest BCUT2D eigenvalue weighted by Gasteiger charge is -2.19. The average Bonchev–Trinajstić information content (AvgIpc) is 2.60. The number of aliphatic hydroxyl groups is 1. The summed E-state index contributed by atoms with van der Waals surface area (Å²) in [6.07, 6.45) is -1.63. The van der Waals surface area contributed by atoms with E-state index in [0.717, 1.165) is 11.1 Å². The van der Waals surface area contributed by atoms with Crippen LogP contribution in [-0.4, -0.2) is 23.3 Å². The minimum Gasteiger partial charge on any atom is -0.445 e. The number of benzene rings is 2. The van der Waals surface area contributed by atoms with Gasteiger partial charge >= 0.3 is 6.09 Å². The molecule has 2 aromatic carbocycles. The summed E-state index contributed by atoms with van der Waals surface area (Å²) in [6.45, 7) is 0.132. The Morgan fingerprint density at radius 3 is 2.22 bits per heavy atom. The molecule has 0 aliphatic carbocycles. The number of rotatable bonds is 6. The van der Waals surface area contributed by atoms with Crippen molar-refractivity contribution in [1.29, 1.82) is 5.26 Å². The lowest BCUT2D eigenvalue weighted by atomic mass is 10.0. The van der Waals surface area contributed by atoms with Crippen LogP contribution in [0.3, 0.4) is 0 Å². The monoisotopic (exact) mass is 310 g/mol. The summed E-state index contributed by atoms with van der Waals surface area (Å²) in [7, 11) is 0. The first-order valence-corrected chi connectivity index (χ1v) is 7.28. The molecule has 2 N–H and O–H groups in total. The van der Waals surface area contributed by atoms with Crippen molar-refractivity contribution in [3.05, 3.63) is 71.8 Å². The van der Waals surface area contributed by atoms with Crippen molar-refractivity contribution in [2.24, 2.45) is 0 Å². The number of hydrogen-bond acceptors (Lipinski definition) is 4. The van der Waals surface area contributed by atoms with Crippen LogP contribution in [0.15, 0.2) is 60.7 Å². The average molecular weight is 310 g/mol. The minimum atomic E-state index is -1.31. The van der Waals surface area contributed by atoms with Gasteiger partial charge in [-0.15, -0.1) is 0 Å². The molecule has 0 aromatic heterocycles. The van der Waals surface area contributed by atoms with Crippen LogP contribution in [0.1, 0.15) is 11.1 Å². The molecule has 0 saturated carbocycles. The van der Waals surface area contributed by atoms with Crippen LogP contribution in [0, 0.1) is 11.3 Å². The number of carbonyl (C=O) groups is 1. The van der Waals surface area contributed by atoms with Gasteiger partial charge in [-0.05, 0) is 17.5 Å². The molecule has 23 heavy (non-hydrogen) atoms. The largest absolute Gasteiger partial charge is 0.445 e. The van der Waals surface area contributed by atoms with E-state index in [1.165, 1.54) is 0 Å². The van der Waals surface area contributed by atoms with Gasteiger partial charge in [-0.1, -0.05) is 60.7 Å². The molecule has 0 aliphatic heterocycles.